The fraction of sp³-hybridized carbons (Fsp3) is 0.429. The first-order chi connectivity index (χ1) is 9.22. The standard InChI is InChI=1S/C14H17N3S2/c15-14(18)10-5-7-17(8-6-10)9-13-16-11-3-1-2-4-12(11)19-13/h1-4,10H,5-9H2,(H2,15,18). The summed E-state index contributed by atoms with van der Waals surface area (Å²) in [5, 5.41) is 1.20. The summed E-state index contributed by atoms with van der Waals surface area (Å²) in [7, 11) is 0. The zero-order valence-corrected chi connectivity index (χ0v) is 12.3. The molecule has 1 aromatic carbocycles. The van der Waals surface area contributed by atoms with Crippen molar-refractivity contribution in [3.05, 3.63) is 29.3 Å². The first-order valence-corrected chi connectivity index (χ1v) is 7.81. The summed E-state index contributed by atoms with van der Waals surface area (Å²) < 4.78 is 1.27. The molecule has 0 atom stereocenters. The van der Waals surface area contributed by atoms with Crippen molar-refractivity contribution in [3.8, 4) is 0 Å². The van der Waals surface area contributed by atoms with Crippen molar-refractivity contribution in [1.29, 1.82) is 0 Å². The van der Waals surface area contributed by atoms with Gasteiger partial charge in [-0.15, -0.1) is 11.3 Å². The molecule has 1 aliphatic heterocycles. The van der Waals surface area contributed by atoms with Gasteiger partial charge in [-0.1, -0.05) is 24.4 Å². The molecule has 2 aromatic rings. The van der Waals surface area contributed by atoms with Crippen molar-refractivity contribution in [3.63, 3.8) is 0 Å². The lowest BCUT2D eigenvalue weighted by Gasteiger charge is -2.30. The van der Waals surface area contributed by atoms with Crippen LogP contribution in [0.25, 0.3) is 10.2 Å². The number of thiazole rings is 1. The van der Waals surface area contributed by atoms with Gasteiger partial charge < -0.3 is 5.73 Å². The van der Waals surface area contributed by atoms with Crippen LogP contribution in [0.15, 0.2) is 24.3 Å². The number of likely N-dealkylation sites (tertiary alicyclic amines) is 1. The molecule has 2 N–H and O–H groups in total. The number of hydrogen-bond donors (Lipinski definition) is 1. The normalized spacial score (nSPS) is 17.9. The minimum Gasteiger partial charge on any atom is -0.393 e. The van der Waals surface area contributed by atoms with Crippen LogP contribution >= 0.6 is 23.6 Å². The number of rotatable bonds is 3. The van der Waals surface area contributed by atoms with Gasteiger partial charge in [-0.3, -0.25) is 4.90 Å². The van der Waals surface area contributed by atoms with E-state index < -0.39 is 0 Å². The first kappa shape index (κ1) is 13.0. The van der Waals surface area contributed by atoms with E-state index in [1.807, 2.05) is 6.07 Å². The molecular weight excluding hydrogens is 274 g/mol. The number of fused-ring (bicyclic) bond motifs is 1. The lowest BCUT2D eigenvalue weighted by molar-refractivity contribution is 0.202. The minimum absolute atomic E-state index is 0.432. The maximum atomic E-state index is 5.72. The van der Waals surface area contributed by atoms with Crippen LogP contribution in [0.5, 0.6) is 0 Å². The highest BCUT2D eigenvalue weighted by molar-refractivity contribution is 7.80. The average molecular weight is 291 g/mol. The van der Waals surface area contributed by atoms with Crippen molar-refractivity contribution >= 4 is 38.8 Å². The van der Waals surface area contributed by atoms with Gasteiger partial charge in [0.05, 0.1) is 21.7 Å². The molecule has 5 heteroatoms. The molecule has 1 saturated heterocycles. The largest absolute Gasteiger partial charge is 0.393 e. The molecule has 0 unspecified atom stereocenters. The Morgan fingerprint density at radius 3 is 2.79 bits per heavy atom. The Hall–Kier alpha value is -1.04. The van der Waals surface area contributed by atoms with Crippen molar-refractivity contribution < 1.29 is 0 Å². The molecule has 0 radical (unpaired) electrons. The second kappa shape index (κ2) is 5.53. The molecule has 0 spiro atoms. The van der Waals surface area contributed by atoms with Crippen LogP contribution in [-0.4, -0.2) is 28.0 Å². The Morgan fingerprint density at radius 2 is 2.11 bits per heavy atom. The van der Waals surface area contributed by atoms with Crippen LogP contribution < -0.4 is 5.73 Å². The SMILES string of the molecule is NC(=S)C1CCN(Cc2nc3ccccc3s2)CC1. The van der Waals surface area contributed by atoms with E-state index in [0.717, 1.165) is 38.0 Å². The average Bonchev–Trinajstić information content (AvgIpc) is 2.81. The van der Waals surface area contributed by atoms with Crippen molar-refractivity contribution in [2.24, 2.45) is 11.7 Å². The zero-order chi connectivity index (χ0) is 13.2. The van der Waals surface area contributed by atoms with Crippen LogP contribution in [0.1, 0.15) is 17.8 Å². The Morgan fingerprint density at radius 1 is 1.37 bits per heavy atom. The number of aromatic nitrogens is 1. The van der Waals surface area contributed by atoms with Gasteiger partial charge in [0.2, 0.25) is 0 Å². The fourth-order valence-corrected chi connectivity index (χ4v) is 3.80. The number of nitrogens with zero attached hydrogens (tertiary/aromatic N) is 2. The fourth-order valence-electron chi connectivity index (χ4n) is 2.55. The Labute approximate surface area is 122 Å². The summed E-state index contributed by atoms with van der Waals surface area (Å²) >= 11 is 6.87. The van der Waals surface area contributed by atoms with Gasteiger partial charge in [-0.05, 0) is 38.1 Å². The van der Waals surface area contributed by atoms with E-state index in [2.05, 4.69) is 28.1 Å². The molecule has 0 saturated carbocycles. The van der Waals surface area contributed by atoms with E-state index in [4.69, 9.17) is 18.0 Å². The molecule has 0 bridgehead atoms. The Bertz CT molecular complexity index is 552. The summed E-state index contributed by atoms with van der Waals surface area (Å²) in [5.74, 6) is 0.432. The van der Waals surface area contributed by atoms with Gasteiger partial charge in [0.15, 0.2) is 0 Å². The molecule has 1 aliphatic rings. The van der Waals surface area contributed by atoms with Gasteiger partial charge >= 0.3 is 0 Å². The van der Waals surface area contributed by atoms with Crippen molar-refractivity contribution in [2.45, 2.75) is 19.4 Å². The van der Waals surface area contributed by atoms with E-state index in [-0.39, 0.29) is 0 Å². The summed E-state index contributed by atoms with van der Waals surface area (Å²) in [5.41, 5.74) is 6.83. The van der Waals surface area contributed by atoms with Crippen LogP contribution in [-0.2, 0) is 6.54 Å². The van der Waals surface area contributed by atoms with Crippen LogP contribution in [0.3, 0.4) is 0 Å². The van der Waals surface area contributed by atoms with E-state index >= 15 is 0 Å². The van der Waals surface area contributed by atoms with Crippen molar-refractivity contribution in [1.82, 2.24) is 9.88 Å². The predicted octanol–water partition coefficient (Wildman–Crippen LogP) is 2.79. The van der Waals surface area contributed by atoms with Gasteiger partial charge in [-0.25, -0.2) is 4.98 Å². The third-order valence-corrected chi connectivity index (χ3v) is 5.04. The third-order valence-electron chi connectivity index (χ3n) is 3.69. The van der Waals surface area contributed by atoms with Gasteiger partial charge in [-0.2, -0.15) is 0 Å². The molecule has 2 heterocycles. The lowest BCUT2D eigenvalue weighted by Crippen LogP contribution is -2.37. The number of hydrogen-bond acceptors (Lipinski definition) is 4. The van der Waals surface area contributed by atoms with Crippen molar-refractivity contribution in [2.75, 3.05) is 13.1 Å². The molecule has 1 aromatic heterocycles. The maximum Gasteiger partial charge on any atom is 0.108 e. The lowest BCUT2D eigenvalue weighted by atomic mass is 9.97. The number of piperidine rings is 1. The molecule has 19 heavy (non-hydrogen) atoms. The molecule has 3 nitrogen and oxygen atoms in total. The summed E-state index contributed by atoms with van der Waals surface area (Å²) in [6, 6.07) is 8.32. The van der Waals surface area contributed by atoms with E-state index in [1.165, 1.54) is 9.71 Å². The highest BCUT2D eigenvalue weighted by atomic mass is 32.1. The van der Waals surface area contributed by atoms with E-state index in [1.54, 1.807) is 11.3 Å². The summed E-state index contributed by atoms with van der Waals surface area (Å²) in [6.07, 6.45) is 2.17. The second-order valence-electron chi connectivity index (χ2n) is 5.03. The Balaban J connectivity index is 1.64. The smallest absolute Gasteiger partial charge is 0.108 e. The second-order valence-corrected chi connectivity index (χ2v) is 6.61. The zero-order valence-electron chi connectivity index (χ0n) is 10.7. The molecular formula is C14H17N3S2. The number of para-hydroxylation sites is 1. The number of nitrogens with two attached hydrogens (primary N) is 1. The van der Waals surface area contributed by atoms with Gasteiger partial charge in [0.25, 0.3) is 0 Å². The van der Waals surface area contributed by atoms with E-state index in [0.29, 0.717) is 10.9 Å². The topological polar surface area (TPSA) is 42.1 Å². The quantitative estimate of drug-likeness (QED) is 0.883. The van der Waals surface area contributed by atoms with Gasteiger partial charge in [0, 0.05) is 5.92 Å². The third kappa shape index (κ3) is 2.94. The first-order valence-electron chi connectivity index (χ1n) is 6.58. The molecule has 100 valence electrons. The molecule has 0 amide bonds. The maximum absolute atomic E-state index is 5.72. The number of benzene rings is 1. The highest BCUT2D eigenvalue weighted by Gasteiger charge is 2.21. The molecule has 0 aliphatic carbocycles. The monoisotopic (exact) mass is 291 g/mol. The predicted molar refractivity (Wildman–Crippen MR) is 84.4 cm³/mol. The van der Waals surface area contributed by atoms with Gasteiger partial charge in [0.1, 0.15) is 5.01 Å². The Kier molecular flexibility index (Phi) is 3.77. The van der Waals surface area contributed by atoms with Crippen LogP contribution in [0.2, 0.25) is 0 Å². The number of thiocarbonyl (C=S) groups is 1. The summed E-state index contributed by atoms with van der Waals surface area (Å²) in [4.78, 5) is 7.82. The van der Waals surface area contributed by atoms with Crippen LogP contribution in [0.4, 0.5) is 0 Å². The molecule has 1 fully saturated rings. The van der Waals surface area contributed by atoms with Crippen LogP contribution in [0, 0.1) is 5.92 Å². The highest BCUT2D eigenvalue weighted by Crippen LogP contribution is 2.24. The minimum atomic E-state index is 0.432. The van der Waals surface area contributed by atoms with E-state index in [9.17, 15) is 0 Å². The molecule has 3 rings (SSSR count). The summed E-state index contributed by atoms with van der Waals surface area (Å²) in [6.45, 7) is 3.08.